The zero-order chi connectivity index (χ0) is 27.0. The molecule has 0 bridgehead atoms. The average Bonchev–Trinajstić information content (AvgIpc) is 2.91. The number of hydrogen-bond acceptors (Lipinski definition) is 2. The van der Waals surface area contributed by atoms with E-state index in [1.807, 2.05) is 161 Å². The molecule has 0 atom stereocenters. The summed E-state index contributed by atoms with van der Waals surface area (Å²) in [5.41, 5.74) is 7.64. The van der Waals surface area contributed by atoms with Gasteiger partial charge < -0.3 is 10.6 Å². The summed E-state index contributed by atoms with van der Waals surface area (Å²) in [5, 5.41) is 9.04. The van der Waals surface area contributed by atoms with Crippen LogP contribution in [-0.4, -0.2) is 11.4 Å². The molecule has 4 aromatic carbocycles. The maximum absolute atomic E-state index is 4.52. The van der Waals surface area contributed by atoms with Crippen LogP contribution in [0.3, 0.4) is 0 Å². The van der Waals surface area contributed by atoms with Crippen LogP contribution in [0.5, 0.6) is 0 Å². The number of allylic oxidation sites excluding steroid dienone is 4. The van der Waals surface area contributed by atoms with Gasteiger partial charge in [-0.15, -0.1) is 11.4 Å². The summed E-state index contributed by atoms with van der Waals surface area (Å²) < 4.78 is 0. The van der Waals surface area contributed by atoms with Crippen molar-refractivity contribution in [1.29, 1.82) is 0 Å². The van der Waals surface area contributed by atoms with Crippen LogP contribution in [-0.2, 0) is 17.4 Å². The van der Waals surface area contributed by atoms with Gasteiger partial charge in [-0.2, -0.15) is 11.4 Å². The van der Waals surface area contributed by atoms with Gasteiger partial charge in [0.05, 0.1) is 11.4 Å². The van der Waals surface area contributed by atoms with Gasteiger partial charge in [-0.3, -0.25) is 9.98 Å². The number of nitrogens with zero attached hydrogens (tertiary/aromatic N) is 4. The molecule has 39 heavy (non-hydrogen) atoms. The smallest absolute Gasteiger partial charge is 0.661 e. The number of para-hydroxylation sites is 4. The summed E-state index contributed by atoms with van der Waals surface area (Å²) >= 11 is 0. The van der Waals surface area contributed by atoms with Crippen LogP contribution in [0.1, 0.15) is 27.7 Å². The summed E-state index contributed by atoms with van der Waals surface area (Å²) in [5.74, 6) is 0. The third-order valence-corrected chi connectivity index (χ3v) is 5.08. The fourth-order valence-electron chi connectivity index (χ4n) is 3.56. The van der Waals surface area contributed by atoms with E-state index in [1.54, 1.807) is 0 Å². The predicted molar refractivity (Wildman–Crippen MR) is 165 cm³/mol. The third kappa shape index (κ3) is 12.8. The van der Waals surface area contributed by atoms with E-state index in [0.29, 0.717) is 0 Å². The first kappa shape index (κ1) is 31.1. The van der Waals surface area contributed by atoms with Crippen molar-refractivity contribution in [3.05, 3.63) is 156 Å². The second-order valence-corrected chi connectivity index (χ2v) is 8.64. The molecule has 0 aliphatic heterocycles. The van der Waals surface area contributed by atoms with Crippen molar-refractivity contribution in [3.63, 3.8) is 0 Å². The maximum atomic E-state index is 4.52. The molecule has 4 nitrogen and oxygen atoms in total. The van der Waals surface area contributed by atoms with Gasteiger partial charge in [0.2, 0.25) is 0 Å². The molecule has 0 aromatic heterocycles. The Bertz CT molecular complexity index is 1250. The van der Waals surface area contributed by atoms with Gasteiger partial charge in [0.25, 0.3) is 0 Å². The molecule has 0 aliphatic rings. The molecular weight excluding hydrogens is 516 g/mol. The standard InChI is InChI=1S/2C17H17N2.Cr/c2*1-14(18-16-9-5-3-6-10-16)13-15(2)19-17-11-7-4-8-12-17;/h2*3-13H,1-2H3;/q2*-1;+2/b2*14-13-,19-15?;. The molecule has 0 heterocycles. The molecular formula is C34H34CrN4. The summed E-state index contributed by atoms with van der Waals surface area (Å²) in [6, 6.07) is 39.7. The summed E-state index contributed by atoms with van der Waals surface area (Å²) in [7, 11) is 0. The number of benzene rings is 4. The van der Waals surface area contributed by atoms with Crippen LogP contribution in [0, 0.1) is 0 Å². The minimum atomic E-state index is 0. The van der Waals surface area contributed by atoms with Gasteiger partial charge in [0.15, 0.2) is 0 Å². The van der Waals surface area contributed by atoms with Crippen LogP contribution in [0.4, 0.5) is 22.7 Å². The SMILES string of the molecule is CC(/C=C(/C)[N-]c1ccccc1)=Nc1ccccc1.CC(/C=C(/C)[N-]c1ccccc1)=Nc1ccccc1.[Cr+2]. The number of hydrogen-bond donors (Lipinski definition) is 0. The zero-order valence-electron chi connectivity index (χ0n) is 22.9. The average molecular weight is 551 g/mol. The van der Waals surface area contributed by atoms with Crippen molar-refractivity contribution in [2.45, 2.75) is 27.7 Å². The molecule has 196 valence electrons. The van der Waals surface area contributed by atoms with Crippen molar-refractivity contribution in [2.75, 3.05) is 0 Å². The van der Waals surface area contributed by atoms with Crippen LogP contribution in [0.15, 0.2) is 155 Å². The van der Waals surface area contributed by atoms with Crippen LogP contribution < -0.4 is 0 Å². The molecule has 0 unspecified atom stereocenters. The Labute approximate surface area is 244 Å². The normalized spacial score (nSPS) is 12.0. The van der Waals surface area contributed by atoms with E-state index in [0.717, 1.165) is 45.6 Å². The summed E-state index contributed by atoms with van der Waals surface area (Å²) in [4.78, 5) is 9.04. The summed E-state index contributed by atoms with van der Waals surface area (Å²) in [6.07, 6.45) is 3.97. The molecule has 4 aromatic rings. The van der Waals surface area contributed by atoms with Gasteiger partial charge in [-0.25, -0.2) is 0 Å². The fourth-order valence-corrected chi connectivity index (χ4v) is 3.56. The molecule has 0 radical (unpaired) electrons. The Balaban J connectivity index is 0.000000267. The van der Waals surface area contributed by atoms with E-state index in [9.17, 15) is 0 Å². The van der Waals surface area contributed by atoms with Crippen LogP contribution in [0.2, 0.25) is 0 Å². The van der Waals surface area contributed by atoms with E-state index >= 15 is 0 Å². The first-order chi connectivity index (χ1) is 18.5. The monoisotopic (exact) mass is 550 g/mol. The maximum Gasteiger partial charge on any atom is 2.00 e. The van der Waals surface area contributed by atoms with E-state index in [2.05, 4.69) is 20.6 Å². The Morgan fingerprint density at radius 1 is 0.462 bits per heavy atom. The molecule has 5 heteroatoms. The quantitative estimate of drug-likeness (QED) is 0.196. The molecule has 0 saturated heterocycles. The van der Waals surface area contributed by atoms with Gasteiger partial charge in [-0.1, -0.05) is 123 Å². The van der Waals surface area contributed by atoms with Crippen LogP contribution in [0.25, 0.3) is 10.6 Å². The Kier molecular flexibility index (Phi) is 13.8. The van der Waals surface area contributed by atoms with Gasteiger partial charge in [0, 0.05) is 11.4 Å². The van der Waals surface area contributed by atoms with Gasteiger partial charge >= 0.3 is 17.4 Å². The second-order valence-electron chi connectivity index (χ2n) is 8.64. The van der Waals surface area contributed by atoms with E-state index in [1.165, 1.54) is 0 Å². The summed E-state index contributed by atoms with van der Waals surface area (Å²) in [6.45, 7) is 7.93. The number of aliphatic imine (C=N–C) groups is 2. The van der Waals surface area contributed by atoms with E-state index in [-0.39, 0.29) is 17.4 Å². The molecule has 0 amide bonds. The Morgan fingerprint density at radius 3 is 1.05 bits per heavy atom. The molecule has 0 fully saturated rings. The Morgan fingerprint density at radius 2 is 0.744 bits per heavy atom. The van der Waals surface area contributed by atoms with Crippen molar-refractivity contribution in [2.24, 2.45) is 9.98 Å². The largest absolute Gasteiger partial charge is 2.00 e. The molecule has 0 aliphatic carbocycles. The van der Waals surface area contributed by atoms with Crippen LogP contribution >= 0.6 is 0 Å². The van der Waals surface area contributed by atoms with Crippen molar-refractivity contribution >= 4 is 34.2 Å². The van der Waals surface area contributed by atoms with Crippen molar-refractivity contribution in [3.8, 4) is 0 Å². The van der Waals surface area contributed by atoms with E-state index in [4.69, 9.17) is 0 Å². The molecule has 0 N–H and O–H groups in total. The third-order valence-electron chi connectivity index (χ3n) is 5.08. The van der Waals surface area contributed by atoms with E-state index < -0.39 is 0 Å². The van der Waals surface area contributed by atoms with Crippen molar-refractivity contribution in [1.82, 2.24) is 0 Å². The second kappa shape index (κ2) is 17.4. The molecule has 0 saturated carbocycles. The zero-order valence-corrected chi connectivity index (χ0v) is 24.2. The topological polar surface area (TPSA) is 52.9 Å². The van der Waals surface area contributed by atoms with Crippen molar-refractivity contribution < 1.29 is 17.4 Å². The Hall–Kier alpha value is -4.17. The fraction of sp³-hybridized carbons (Fsp3) is 0.118. The minimum Gasteiger partial charge on any atom is -0.661 e. The predicted octanol–water partition coefficient (Wildman–Crippen LogP) is 10.8. The minimum absolute atomic E-state index is 0. The van der Waals surface area contributed by atoms with Gasteiger partial charge in [0.1, 0.15) is 0 Å². The first-order valence-electron chi connectivity index (χ1n) is 12.6. The number of rotatable bonds is 8. The molecule has 0 spiro atoms. The molecule has 4 rings (SSSR count). The first-order valence-corrected chi connectivity index (χ1v) is 12.6. The van der Waals surface area contributed by atoms with Gasteiger partial charge in [-0.05, 0) is 38.1 Å².